The molecule has 4 aromatic rings. The van der Waals surface area contributed by atoms with Crippen LogP contribution >= 0.6 is 11.3 Å². The Hall–Kier alpha value is -4.36. The monoisotopic (exact) mass is 511 g/mol. The molecule has 1 atom stereocenters. The van der Waals surface area contributed by atoms with Crippen LogP contribution in [-0.4, -0.2) is 23.4 Å². The number of hydrogen-bond donors (Lipinski definition) is 1. The van der Waals surface area contributed by atoms with E-state index in [0.717, 1.165) is 10.4 Å². The van der Waals surface area contributed by atoms with Crippen molar-refractivity contribution in [2.24, 2.45) is 0 Å². The van der Waals surface area contributed by atoms with E-state index >= 15 is 0 Å². The number of ketones is 1. The minimum Gasteiger partial charge on any atom is -0.507 e. The van der Waals surface area contributed by atoms with Crippen molar-refractivity contribution in [2.75, 3.05) is 11.5 Å². The van der Waals surface area contributed by atoms with Gasteiger partial charge in [-0.1, -0.05) is 36.4 Å². The maximum atomic E-state index is 13.3. The van der Waals surface area contributed by atoms with Crippen LogP contribution in [0.15, 0.2) is 102 Å². The molecule has 1 saturated heterocycles. The third-order valence-corrected chi connectivity index (χ3v) is 6.98. The number of aliphatic hydroxyl groups excluding tert-OH is 1. The average molecular weight is 512 g/mol. The molecule has 37 heavy (non-hydrogen) atoms. The van der Waals surface area contributed by atoms with Gasteiger partial charge in [-0.15, -0.1) is 11.3 Å². The van der Waals surface area contributed by atoms with Crippen LogP contribution in [0.1, 0.15) is 29.0 Å². The van der Waals surface area contributed by atoms with Crippen LogP contribution in [0.5, 0.6) is 11.5 Å². The summed E-state index contributed by atoms with van der Waals surface area (Å²) in [6.45, 7) is 2.82. The number of benzene rings is 3. The van der Waals surface area contributed by atoms with Crippen LogP contribution in [0.3, 0.4) is 0 Å². The molecule has 1 aromatic heterocycles. The molecule has 2 heterocycles. The number of nitrogens with zero attached hydrogens (tertiary/aromatic N) is 1. The molecule has 0 bridgehead atoms. The summed E-state index contributed by atoms with van der Waals surface area (Å²) in [4.78, 5) is 28.7. The first kappa shape index (κ1) is 24.3. The van der Waals surface area contributed by atoms with Crippen LogP contribution in [0.4, 0.5) is 5.69 Å². The molecule has 6 nitrogen and oxygen atoms in total. The number of ether oxygens (including phenoxy) is 2. The van der Waals surface area contributed by atoms with Crippen molar-refractivity contribution in [3.8, 4) is 11.5 Å². The Morgan fingerprint density at radius 3 is 2.19 bits per heavy atom. The second kappa shape index (κ2) is 10.7. The Balaban J connectivity index is 1.47. The molecule has 3 aromatic carbocycles. The van der Waals surface area contributed by atoms with E-state index in [1.165, 1.54) is 16.2 Å². The third-order valence-electron chi connectivity index (χ3n) is 6.06. The van der Waals surface area contributed by atoms with Crippen molar-refractivity contribution < 1.29 is 24.2 Å². The molecule has 7 heteroatoms. The van der Waals surface area contributed by atoms with E-state index in [1.807, 2.05) is 54.8 Å². The largest absolute Gasteiger partial charge is 0.507 e. The first-order valence-electron chi connectivity index (χ1n) is 11.9. The van der Waals surface area contributed by atoms with Gasteiger partial charge in [0, 0.05) is 16.1 Å². The molecule has 1 unspecified atom stereocenters. The number of Topliss-reactive ketones (excluding diaryl/α,β-unsaturated/α-hetero) is 1. The third kappa shape index (κ3) is 4.99. The first-order valence-corrected chi connectivity index (χ1v) is 12.8. The van der Waals surface area contributed by atoms with Crippen molar-refractivity contribution in [3.05, 3.63) is 118 Å². The zero-order valence-corrected chi connectivity index (χ0v) is 21.0. The standard InChI is InChI=1S/C30H25NO5S/c1-2-35-23-14-10-21(11-15-23)28(32)26-27(25-9-6-18-37-25)31(30(34)29(26)33)22-12-16-24(17-13-22)36-19-20-7-4-3-5-8-20/h3-18,27,32H,2,19H2,1H3/b28-26-. The Labute approximate surface area is 219 Å². The summed E-state index contributed by atoms with van der Waals surface area (Å²) >= 11 is 1.42. The van der Waals surface area contributed by atoms with Crippen molar-refractivity contribution in [1.82, 2.24) is 0 Å². The van der Waals surface area contributed by atoms with Crippen LogP contribution in [-0.2, 0) is 16.2 Å². The van der Waals surface area contributed by atoms with Crippen LogP contribution < -0.4 is 14.4 Å². The number of carbonyl (C=O) groups is 2. The van der Waals surface area contributed by atoms with Gasteiger partial charge < -0.3 is 14.6 Å². The summed E-state index contributed by atoms with van der Waals surface area (Å²) < 4.78 is 11.3. The average Bonchev–Trinajstić information content (AvgIpc) is 3.55. The fraction of sp³-hybridized carbons (Fsp3) is 0.133. The van der Waals surface area contributed by atoms with Crippen LogP contribution in [0.2, 0.25) is 0 Å². The highest BCUT2D eigenvalue weighted by Gasteiger charge is 2.47. The van der Waals surface area contributed by atoms with Gasteiger partial charge in [0.1, 0.15) is 29.9 Å². The molecule has 1 fully saturated rings. The van der Waals surface area contributed by atoms with E-state index in [-0.39, 0.29) is 11.3 Å². The van der Waals surface area contributed by atoms with E-state index in [2.05, 4.69) is 0 Å². The van der Waals surface area contributed by atoms with Crippen molar-refractivity contribution in [1.29, 1.82) is 0 Å². The van der Waals surface area contributed by atoms with Gasteiger partial charge in [0.05, 0.1) is 12.2 Å². The zero-order chi connectivity index (χ0) is 25.8. The summed E-state index contributed by atoms with van der Waals surface area (Å²) in [6.07, 6.45) is 0. The summed E-state index contributed by atoms with van der Waals surface area (Å²) in [5.41, 5.74) is 2.08. The van der Waals surface area contributed by atoms with E-state index in [0.29, 0.717) is 36.0 Å². The number of carbonyl (C=O) groups excluding carboxylic acids is 2. The first-order chi connectivity index (χ1) is 18.1. The molecule has 0 aliphatic carbocycles. The molecule has 5 rings (SSSR count). The van der Waals surface area contributed by atoms with Gasteiger partial charge in [-0.25, -0.2) is 0 Å². The van der Waals surface area contributed by atoms with Gasteiger partial charge in [0.15, 0.2) is 0 Å². The van der Waals surface area contributed by atoms with E-state index < -0.39 is 17.7 Å². The van der Waals surface area contributed by atoms with Gasteiger partial charge >= 0.3 is 0 Å². The second-order valence-electron chi connectivity index (χ2n) is 8.41. The quantitative estimate of drug-likeness (QED) is 0.169. The molecule has 0 radical (unpaired) electrons. The van der Waals surface area contributed by atoms with Gasteiger partial charge in [-0.3, -0.25) is 14.5 Å². The molecule has 1 amide bonds. The van der Waals surface area contributed by atoms with Crippen molar-refractivity contribution in [3.63, 3.8) is 0 Å². The fourth-order valence-electron chi connectivity index (χ4n) is 4.29. The van der Waals surface area contributed by atoms with Gasteiger partial charge in [0.2, 0.25) is 0 Å². The highest BCUT2D eigenvalue weighted by Crippen LogP contribution is 2.43. The Bertz CT molecular complexity index is 1410. The smallest absolute Gasteiger partial charge is 0.300 e. The molecule has 1 aliphatic rings. The molecule has 0 spiro atoms. The summed E-state index contributed by atoms with van der Waals surface area (Å²) in [5.74, 6) is -0.335. The van der Waals surface area contributed by atoms with E-state index in [4.69, 9.17) is 9.47 Å². The van der Waals surface area contributed by atoms with Crippen LogP contribution in [0, 0.1) is 0 Å². The lowest BCUT2D eigenvalue weighted by Crippen LogP contribution is -2.29. The summed E-state index contributed by atoms with van der Waals surface area (Å²) in [5, 5.41) is 13.1. The molecule has 186 valence electrons. The fourth-order valence-corrected chi connectivity index (χ4v) is 5.11. The van der Waals surface area contributed by atoms with Gasteiger partial charge in [-0.05, 0) is 72.5 Å². The number of amides is 1. The van der Waals surface area contributed by atoms with Gasteiger partial charge in [-0.2, -0.15) is 0 Å². The molecular formula is C30H25NO5S. The van der Waals surface area contributed by atoms with Crippen molar-refractivity contribution >= 4 is 34.5 Å². The maximum Gasteiger partial charge on any atom is 0.300 e. The predicted molar refractivity (Wildman–Crippen MR) is 144 cm³/mol. The lowest BCUT2D eigenvalue weighted by molar-refractivity contribution is -0.132. The van der Waals surface area contributed by atoms with E-state index in [1.54, 1.807) is 48.5 Å². The number of rotatable bonds is 8. The lowest BCUT2D eigenvalue weighted by atomic mass is 9.99. The van der Waals surface area contributed by atoms with E-state index in [9.17, 15) is 14.7 Å². The number of hydrogen-bond acceptors (Lipinski definition) is 6. The van der Waals surface area contributed by atoms with Gasteiger partial charge in [0.25, 0.3) is 11.7 Å². The highest BCUT2D eigenvalue weighted by atomic mass is 32.1. The minimum atomic E-state index is -0.748. The molecule has 1 aliphatic heterocycles. The lowest BCUT2D eigenvalue weighted by Gasteiger charge is -2.24. The van der Waals surface area contributed by atoms with Crippen molar-refractivity contribution in [2.45, 2.75) is 19.6 Å². The number of aliphatic hydroxyl groups is 1. The SMILES string of the molecule is CCOc1ccc(/C(O)=C2/C(=O)C(=O)N(c3ccc(OCc4ccccc4)cc3)C2c2cccs2)cc1. The normalized spacial score (nSPS) is 16.7. The molecule has 0 saturated carbocycles. The maximum absolute atomic E-state index is 13.3. The summed E-state index contributed by atoms with van der Waals surface area (Å²) in [7, 11) is 0. The summed E-state index contributed by atoms with van der Waals surface area (Å²) in [6, 6.07) is 26.7. The molecular weight excluding hydrogens is 486 g/mol. The number of anilines is 1. The highest BCUT2D eigenvalue weighted by molar-refractivity contribution is 7.10. The minimum absolute atomic E-state index is 0.0565. The molecule has 1 N–H and O–H groups in total. The Morgan fingerprint density at radius 2 is 1.54 bits per heavy atom. The Morgan fingerprint density at radius 1 is 0.865 bits per heavy atom. The topological polar surface area (TPSA) is 76.1 Å². The zero-order valence-electron chi connectivity index (χ0n) is 20.2. The predicted octanol–water partition coefficient (Wildman–Crippen LogP) is 6.35. The number of thiophene rings is 1. The van der Waals surface area contributed by atoms with Crippen LogP contribution in [0.25, 0.3) is 5.76 Å². The second-order valence-corrected chi connectivity index (χ2v) is 9.39. The Kier molecular flexibility index (Phi) is 7.05.